The molecule has 194 valence electrons. The van der Waals surface area contributed by atoms with Crippen LogP contribution in [0.2, 0.25) is 0 Å². The van der Waals surface area contributed by atoms with Crippen molar-refractivity contribution in [1.29, 1.82) is 0 Å². The summed E-state index contributed by atoms with van der Waals surface area (Å²) in [6, 6.07) is 16.7. The zero-order valence-electron chi connectivity index (χ0n) is 20.6. The standard InChI is InChI=1S/C28H25F2N5O3/c1-38-23-14-24(29)26(25(30)15-23)28(37)34-12-10-19(11-13-34)18-2-6-21(7-3-18)33-27(36)20-4-8-22(9-5-20)35-16-31-32-17-35/h2-9,14-17,19H,10-13H2,1H3,(H,33,36). The molecule has 4 aromatic rings. The quantitative estimate of drug-likeness (QED) is 0.396. The molecule has 0 atom stereocenters. The minimum absolute atomic E-state index is 0.0242. The summed E-state index contributed by atoms with van der Waals surface area (Å²) in [4.78, 5) is 26.9. The molecule has 1 aliphatic rings. The second-order valence-corrected chi connectivity index (χ2v) is 9.02. The van der Waals surface area contributed by atoms with Crippen molar-refractivity contribution >= 4 is 17.5 Å². The number of likely N-dealkylation sites (tertiary alicyclic amines) is 1. The zero-order valence-corrected chi connectivity index (χ0v) is 20.6. The number of piperidine rings is 1. The van der Waals surface area contributed by atoms with E-state index in [1.807, 2.05) is 36.4 Å². The SMILES string of the molecule is COc1cc(F)c(C(=O)N2CCC(c3ccc(NC(=O)c4ccc(-n5cnnc5)cc4)cc3)CC2)c(F)c1. The number of anilines is 1. The molecule has 5 rings (SSSR count). The molecule has 1 aromatic heterocycles. The largest absolute Gasteiger partial charge is 0.497 e. The molecule has 1 N–H and O–H groups in total. The van der Waals surface area contributed by atoms with Gasteiger partial charge in [0.25, 0.3) is 11.8 Å². The van der Waals surface area contributed by atoms with Crippen molar-refractivity contribution in [2.75, 3.05) is 25.5 Å². The first-order valence-electron chi connectivity index (χ1n) is 12.1. The molecule has 0 saturated carbocycles. The number of benzene rings is 3. The van der Waals surface area contributed by atoms with Crippen molar-refractivity contribution in [3.63, 3.8) is 0 Å². The van der Waals surface area contributed by atoms with Crippen molar-refractivity contribution in [1.82, 2.24) is 19.7 Å². The topological polar surface area (TPSA) is 89.4 Å². The van der Waals surface area contributed by atoms with Crippen molar-refractivity contribution in [2.45, 2.75) is 18.8 Å². The van der Waals surface area contributed by atoms with E-state index in [-0.39, 0.29) is 17.6 Å². The Kier molecular flexibility index (Phi) is 7.12. The molecule has 38 heavy (non-hydrogen) atoms. The van der Waals surface area contributed by atoms with Gasteiger partial charge >= 0.3 is 0 Å². The van der Waals surface area contributed by atoms with Gasteiger partial charge in [0, 0.05) is 42.2 Å². The molecule has 0 bridgehead atoms. The van der Waals surface area contributed by atoms with Gasteiger partial charge in [0.15, 0.2) is 0 Å². The molecule has 1 saturated heterocycles. The predicted octanol–water partition coefficient (Wildman–Crippen LogP) is 4.83. The predicted molar refractivity (Wildman–Crippen MR) is 137 cm³/mol. The lowest BCUT2D eigenvalue weighted by molar-refractivity contribution is 0.0703. The first-order chi connectivity index (χ1) is 18.4. The highest BCUT2D eigenvalue weighted by Crippen LogP contribution is 2.31. The Hall–Kier alpha value is -4.60. The smallest absolute Gasteiger partial charge is 0.259 e. The summed E-state index contributed by atoms with van der Waals surface area (Å²) in [6.07, 6.45) is 4.49. The number of rotatable bonds is 6. The lowest BCUT2D eigenvalue weighted by Gasteiger charge is -2.32. The number of aromatic nitrogens is 3. The van der Waals surface area contributed by atoms with Gasteiger partial charge in [-0.25, -0.2) is 8.78 Å². The average molecular weight is 518 g/mol. The van der Waals surface area contributed by atoms with E-state index in [0.29, 0.717) is 37.2 Å². The molecular formula is C28H25F2N5O3. The molecule has 10 heteroatoms. The number of nitrogens with zero attached hydrogens (tertiary/aromatic N) is 4. The van der Waals surface area contributed by atoms with Gasteiger partial charge in [-0.1, -0.05) is 12.1 Å². The van der Waals surface area contributed by atoms with E-state index in [4.69, 9.17) is 4.74 Å². The van der Waals surface area contributed by atoms with Crippen molar-refractivity contribution < 1.29 is 23.1 Å². The zero-order chi connectivity index (χ0) is 26.6. The van der Waals surface area contributed by atoms with Crippen molar-refractivity contribution in [3.05, 3.63) is 102 Å². The van der Waals surface area contributed by atoms with Crippen molar-refractivity contribution in [2.24, 2.45) is 0 Å². The van der Waals surface area contributed by atoms with Crippen LogP contribution in [0.15, 0.2) is 73.3 Å². The molecule has 2 amide bonds. The molecule has 1 aliphatic heterocycles. The fraction of sp³-hybridized carbons (Fsp3) is 0.214. The minimum Gasteiger partial charge on any atom is -0.497 e. The Bertz CT molecular complexity index is 1410. The fourth-order valence-corrected chi connectivity index (χ4v) is 4.61. The Morgan fingerprint density at radius 3 is 2.11 bits per heavy atom. The Balaban J connectivity index is 1.17. The maximum atomic E-state index is 14.4. The van der Waals surface area contributed by atoms with Crippen LogP contribution >= 0.6 is 0 Å². The summed E-state index contributed by atoms with van der Waals surface area (Å²) in [5, 5.41) is 10.4. The average Bonchev–Trinajstić information content (AvgIpc) is 3.48. The summed E-state index contributed by atoms with van der Waals surface area (Å²) < 4.78 is 35.3. The van der Waals surface area contributed by atoms with E-state index in [1.165, 1.54) is 12.0 Å². The molecular weight excluding hydrogens is 492 g/mol. The summed E-state index contributed by atoms with van der Waals surface area (Å²) in [7, 11) is 1.31. The maximum Gasteiger partial charge on any atom is 0.259 e. The fourth-order valence-electron chi connectivity index (χ4n) is 4.61. The van der Waals surface area contributed by atoms with Crippen LogP contribution in [0, 0.1) is 11.6 Å². The molecule has 2 heterocycles. The van der Waals surface area contributed by atoms with Crippen LogP contribution in [-0.4, -0.2) is 51.7 Å². The van der Waals surface area contributed by atoms with E-state index >= 15 is 0 Å². The summed E-state index contributed by atoms with van der Waals surface area (Å²) in [5.74, 6) is -2.53. The molecule has 0 aliphatic carbocycles. The number of hydrogen-bond donors (Lipinski definition) is 1. The van der Waals surface area contributed by atoms with E-state index < -0.39 is 23.1 Å². The molecule has 8 nitrogen and oxygen atoms in total. The van der Waals surface area contributed by atoms with E-state index in [0.717, 1.165) is 23.4 Å². The van der Waals surface area contributed by atoms with E-state index in [2.05, 4.69) is 15.5 Å². The molecule has 3 aromatic carbocycles. The van der Waals surface area contributed by atoms with Gasteiger partial charge in [-0.2, -0.15) is 0 Å². The first-order valence-corrected chi connectivity index (χ1v) is 12.1. The lowest BCUT2D eigenvalue weighted by atomic mass is 9.89. The van der Waals surface area contributed by atoms with Crippen LogP contribution in [0.25, 0.3) is 5.69 Å². The number of ether oxygens (including phenoxy) is 1. The third kappa shape index (κ3) is 5.24. The summed E-state index contributed by atoms with van der Waals surface area (Å²) in [5.41, 5.74) is 2.56. The van der Waals surface area contributed by atoms with Crippen LogP contribution in [-0.2, 0) is 0 Å². The normalized spacial score (nSPS) is 13.8. The van der Waals surface area contributed by atoms with Gasteiger partial charge in [0.05, 0.1) is 7.11 Å². The lowest BCUT2D eigenvalue weighted by Crippen LogP contribution is -2.38. The number of carbonyl (C=O) groups is 2. The van der Waals surface area contributed by atoms with Gasteiger partial charge in [0.1, 0.15) is 35.6 Å². The van der Waals surface area contributed by atoms with Crippen molar-refractivity contribution in [3.8, 4) is 11.4 Å². The monoisotopic (exact) mass is 517 g/mol. The minimum atomic E-state index is -0.932. The van der Waals surface area contributed by atoms with Crippen LogP contribution in [0.1, 0.15) is 45.0 Å². The second-order valence-electron chi connectivity index (χ2n) is 9.02. The van der Waals surface area contributed by atoms with Gasteiger partial charge in [-0.05, 0) is 60.7 Å². The third-order valence-corrected chi connectivity index (χ3v) is 6.73. The van der Waals surface area contributed by atoms with Gasteiger partial charge < -0.3 is 15.0 Å². The summed E-state index contributed by atoms with van der Waals surface area (Å²) in [6.45, 7) is 0.774. The third-order valence-electron chi connectivity index (χ3n) is 6.73. The molecule has 0 radical (unpaired) electrons. The van der Waals surface area contributed by atoms with Crippen LogP contribution in [0.4, 0.5) is 14.5 Å². The second kappa shape index (κ2) is 10.8. The summed E-state index contributed by atoms with van der Waals surface area (Å²) >= 11 is 0. The van der Waals surface area contributed by atoms with E-state index in [1.54, 1.807) is 29.4 Å². The van der Waals surface area contributed by atoms with Gasteiger partial charge in [0.2, 0.25) is 0 Å². The van der Waals surface area contributed by atoms with Crippen LogP contribution in [0.5, 0.6) is 5.75 Å². The maximum absolute atomic E-state index is 14.4. The van der Waals surface area contributed by atoms with Gasteiger partial charge in [-0.15, -0.1) is 10.2 Å². The highest BCUT2D eigenvalue weighted by atomic mass is 19.1. The highest BCUT2D eigenvalue weighted by molar-refractivity contribution is 6.04. The van der Waals surface area contributed by atoms with Crippen LogP contribution in [0.3, 0.4) is 0 Å². The number of methoxy groups -OCH3 is 1. The number of nitrogens with one attached hydrogen (secondary N) is 1. The van der Waals surface area contributed by atoms with Gasteiger partial charge in [-0.3, -0.25) is 14.2 Å². The van der Waals surface area contributed by atoms with E-state index in [9.17, 15) is 18.4 Å². The molecule has 0 spiro atoms. The number of hydrogen-bond acceptors (Lipinski definition) is 5. The first kappa shape index (κ1) is 25.1. The number of amides is 2. The number of carbonyl (C=O) groups excluding carboxylic acids is 2. The Morgan fingerprint density at radius 2 is 1.53 bits per heavy atom. The Labute approximate surface area is 217 Å². The number of halogens is 2. The molecule has 1 fully saturated rings. The Morgan fingerprint density at radius 1 is 0.921 bits per heavy atom. The highest BCUT2D eigenvalue weighted by Gasteiger charge is 2.28. The molecule has 0 unspecified atom stereocenters. The van der Waals surface area contributed by atoms with Crippen LogP contribution < -0.4 is 10.1 Å².